The summed E-state index contributed by atoms with van der Waals surface area (Å²) in [6, 6.07) is 8.76. The van der Waals surface area contributed by atoms with Gasteiger partial charge in [0.1, 0.15) is 12.4 Å². The lowest BCUT2D eigenvalue weighted by Crippen LogP contribution is -2.39. The van der Waals surface area contributed by atoms with E-state index < -0.39 is 0 Å². The van der Waals surface area contributed by atoms with Crippen LogP contribution in [-0.2, 0) is 4.74 Å². The number of likely N-dealkylation sites (N-methyl/N-ethyl adjacent to an activating group) is 1. The van der Waals surface area contributed by atoms with E-state index in [0.717, 1.165) is 25.4 Å². The van der Waals surface area contributed by atoms with E-state index >= 15 is 0 Å². The second kappa shape index (κ2) is 6.92. The molecule has 0 aromatic heterocycles. The predicted molar refractivity (Wildman–Crippen MR) is 77.8 cm³/mol. The van der Waals surface area contributed by atoms with E-state index in [1.54, 1.807) is 0 Å². The van der Waals surface area contributed by atoms with Crippen LogP contribution in [0.1, 0.15) is 31.7 Å². The van der Waals surface area contributed by atoms with Gasteiger partial charge in [0.25, 0.3) is 0 Å². The molecule has 1 saturated heterocycles. The fraction of sp³-hybridized carbons (Fsp3) is 0.625. The normalized spacial score (nSPS) is 20.7. The fourth-order valence-electron chi connectivity index (χ4n) is 2.47. The van der Waals surface area contributed by atoms with E-state index in [9.17, 15) is 0 Å². The molecule has 1 aliphatic heterocycles. The Bertz CT molecular complexity index is 386. The molecule has 2 rings (SSSR count). The molecule has 0 amide bonds. The lowest BCUT2D eigenvalue weighted by molar-refractivity contribution is 0.162. The molecule has 1 aromatic rings. The highest BCUT2D eigenvalue weighted by atomic mass is 16.5. The number of benzene rings is 1. The maximum atomic E-state index is 5.94. The van der Waals surface area contributed by atoms with Crippen LogP contribution in [0.5, 0.6) is 5.75 Å². The van der Waals surface area contributed by atoms with Gasteiger partial charge in [-0.05, 0) is 37.1 Å². The molecule has 3 heteroatoms. The Hall–Kier alpha value is -1.06. The zero-order chi connectivity index (χ0) is 13.7. The Balaban J connectivity index is 1.91. The third-order valence-corrected chi connectivity index (χ3v) is 3.86. The van der Waals surface area contributed by atoms with Gasteiger partial charge in [0.05, 0.1) is 6.61 Å². The third-order valence-electron chi connectivity index (χ3n) is 3.86. The van der Waals surface area contributed by atoms with Crippen molar-refractivity contribution in [3.05, 3.63) is 29.8 Å². The first-order valence-electron chi connectivity index (χ1n) is 7.18. The smallest absolute Gasteiger partial charge is 0.119 e. The first-order chi connectivity index (χ1) is 9.20. The van der Waals surface area contributed by atoms with E-state index in [1.165, 1.54) is 5.56 Å². The second-order valence-electron chi connectivity index (χ2n) is 5.56. The van der Waals surface area contributed by atoms with E-state index in [4.69, 9.17) is 9.47 Å². The zero-order valence-electron chi connectivity index (χ0n) is 12.2. The van der Waals surface area contributed by atoms with Crippen molar-refractivity contribution in [3.63, 3.8) is 0 Å². The summed E-state index contributed by atoms with van der Waals surface area (Å²) in [5.74, 6) is 2.07. The Morgan fingerprint density at radius 3 is 2.89 bits per heavy atom. The molecule has 1 fully saturated rings. The summed E-state index contributed by atoms with van der Waals surface area (Å²) in [6.07, 6.45) is 1.13. The van der Waals surface area contributed by atoms with Gasteiger partial charge in [0.15, 0.2) is 0 Å². The molecule has 0 radical (unpaired) electrons. The average Bonchev–Trinajstić information content (AvgIpc) is 2.94. The largest absolute Gasteiger partial charge is 0.492 e. The fourth-order valence-corrected chi connectivity index (χ4v) is 2.47. The second-order valence-corrected chi connectivity index (χ2v) is 5.56. The quantitative estimate of drug-likeness (QED) is 0.856. The first kappa shape index (κ1) is 14.4. The van der Waals surface area contributed by atoms with Gasteiger partial charge in [0.2, 0.25) is 0 Å². The van der Waals surface area contributed by atoms with Gasteiger partial charge < -0.3 is 14.8 Å². The number of nitrogens with one attached hydrogen (secondary N) is 1. The number of ether oxygens (including phenoxy) is 2. The molecule has 3 nitrogen and oxygen atoms in total. The Morgan fingerprint density at radius 2 is 2.26 bits per heavy atom. The molecule has 2 atom stereocenters. The zero-order valence-corrected chi connectivity index (χ0v) is 12.2. The van der Waals surface area contributed by atoms with Gasteiger partial charge in [0, 0.05) is 18.6 Å². The summed E-state index contributed by atoms with van der Waals surface area (Å²) >= 11 is 0. The van der Waals surface area contributed by atoms with Crippen LogP contribution >= 0.6 is 0 Å². The summed E-state index contributed by atoms with van der Waals surface area (Å²) in [5.41, 5.74) is 1.32. The van der Waals surface area contributed by atoms with Crippen LogP contribution in [0.4, 0.5) is 0 Å². The summed E-state index contributed by atoms with van der Waals surface area (Å²) in [7, 11) is 2.00. The number of hydrogen-bond acceptors (Lipinski definition) is 3. The van der Waals surface area contributed by atoms with Crippen LogP contribution in [0, 0.1) is 5.92 Å². The highest BCUT2D eigenvalue weighted by Gasteiger charge is 2.25. The molecule has 0 bridgehead atoms. The van der Waals surface area contributed by atoms with Crippen molar-refractivity contribution in [3.8, 4) is 5.75 Å². The molecule has 106 valence electrons. The van der Waals surface area contributed by atoms with Crippen LogP contribution in [0.15, 0.2) is 24.3 Å². The highest BCUT2D eigenvalue weighted by Crippen LogP contribution is 2.22. The summed E-state index contributed by atoms with van der Waals surface area (Å²) < 4.78 is 11.4. The minimum absolute atomic E-state index is 0.366. The van der Waals surface area contributed by atoms with E-state index in [-0.39, 0.29) is 0 Å². The minimum atomic E-state index is 0.366. The molecule has 0 spiro atoms. The minimum Gasteiger partial charge on any atom is -0.492 e. The topological polar surface area (TPSA) is 30.5 Å². The van der Waals surface area contributed by atoms with Crippen molar-refractivity contribution in [1.29, 1.82) is 0 Å². The van der Waals surface area contributed by atoms with Gasteiger partial charge in [-0.1, -0.05) is 26.0 Å². The molecular formula is C16H25NO2. The van der Waals surface area contributed by atoms with E-state index in [0.29, 0.717) is 24.5 Å². The molecule has 1 N–H and O–H groups in total. The van der Waals surface area contributed by atoms with Gasteiger partial charge in [-0.3, -0.25) is 0 Å². The summed E-state index contributed by atoms with van der Waals surface area (Å²) in [6.45, 7) is 6.83. The van der Waals surface area contributed by atoms with Crippen molar-refractivity contribution < 1.29 is 9.47 Å². The van der Waals surface area contributed by atoms with Gasteiger partial charge in [-0.2, -0.15) is 0 Å². The van der Waals surface area contributed by atoms with Crippen molar-refractivity contribution in [2.75, 3.05) is 26.9 Å². The lowest BCUT2D eigenvalue weighted by atomic mass is 10.00. The van der Waals surface area contributed by atoms with Gasteiger partial charge in [-0.25, -0.2) is 0 Å². The maximum Gasteiger partial charge on any atom is 0.119 e. The van der Waals surface area contributed by atoms with Crippen molar-refractivity contribution in [1.82, 2.24) is 5.32 Å². The molecular weight excluding hydrogens is 238 g/mol. The maximum absolute atomic E-state index is 5.94. The number of hydrogen-bond donors (Lipinski definition) is 1. The van der Waals surface area contributed by atoms with Crippen LogP contribution < -0.4 is 10.1 Å². The van der Waals surface area contributed by atoms with Crippen molar-refractivity contribution >= 4 is 0 Å². The molecule has 0 aliphatic carbocycles. The van der Waals surface area contributed by atoms with Crippen molar-refractivity contribution in [2.24, 2.45) is 5.92 Å². The monoisotopic (exact) mass is 263 g/mol. The lowest BCUT2D eigenvalue weighted by Gasteiger charge is -2.22. The summed E-state index contributed by atoms with van der Waals surface area (Å²) in [4.78, 5) is 0. The van der Waals surface area contributed by atoms with E-state index in [1.807, 2.05) is 13.1 Å². The molecule has 2 unspecified atom stereocenters. The average molecular weight is 263 g/mol. The van der Waals surface area contributed by atoms with Crippen LogP contribution in [0.25, 0.3) is 0 Å². The van der Waals surface area contributed by atoms with Gasteiger partial charge >= 0.3 is 0 Å². The van der Waals surface area contributed by atoms with Crippen LogP contribution in [-0.4, -0.2) is 32.9 Å². The molecule has 1 aromatic carbocycles. The predicted octanol–water partition coefficient (Wildman–Crippen LogP) is 2.81. The number of rotatable bonds is 6. The SMILES string of the molecule is CNC(COc1cccc(C(C)C)c1)C1CCOC1. The molecule has 0 saturated carbocycles. The third kappa shape index (κ3) is 3.95. The molecule has 1 heterocycles. The Kier molecular flexibility index (Phi) is 5.23. The standard InChI is InChI=1S/C16H25NO2/c1-12(2)13-5-4-6-15(9-13)19-11-16(17-3)14-7-8-18-10-14/h4-6,9,12,14,16-17H,7-8,10-11H2,1-3H3. The Morgan fingerprint density at radius 1 is 1.42 bits per heavy atom. The van der Waals surface area contributed by atoms with Crippen LogP contribution in [0.2, 0.25) is 0 Å². The Labute approximate surface area is 116 Å². The molecule has 1 aliphatic rings. The first-order valence-corrected chi connectivity index (χ1v) is 7.18. The highest BCUT2D eigenvalue weighted by molar-refractivity contribution is 5.30. The van der Waals surface area contributed by atoms with Crippen molar-refractivity contribution in [2.45, 2.75) is 32.2 Å². The van der Waals surface area contributed by atoms with Gasteiger partial charge in [-0.15, -0.1) is 0 Å². The van der Waals surface area contributed by atoms with Crippen LogP contribution in [0.3, 0.4) is 0 Å². The van der Waals surface area contributed by atoms with E-state index in [2.05, 4.69) is 37.4 Å². The molecule has 19 heavy (non-hydrogen) atoms. The summed E-state index contributed by atoms with van der Waals surface area (Å²) in [5, 5.41) is 3.35.